The molecule has 2 aliphatic carbocycles. The number of allylic oxidation sites excluding steroid dienone is 1. The van der Waals surface area contributed by atoms with Crippen LogP contribution in [0.2, 0.25) is 0 Å². The van der Waals surface area contributed by atoms with Crippen molar-refractivity contribution < 1.29 is 4.79 Å². The Bertz CT molecular complexity index is 636. The van der Waals surface area contributed by atoms with Crippen LogP contribution in [0.4, 0.5) is 0 Å². The van der Waals surface area contributed by atoms with Gasteiger partial charge < -0.3 is 5.32 Å². The monoisotopic (exact) mass is 296 g/mol. The molecule has 3 unspecified atom stereocenters. The molecule has 22 heavy (non-hydrogen) atoms. The van der Waals surface area contributed by atoms with E-state index in [9.17, 15) is 4.79 Å². The average Bonchev–Trinajstić information content (AvgIpc) is 2.80. The first kappa shape index (κ1) is 14.1. The summed E-state index contributed by atoms with van der Waals surface area (Å²) in [7, 11) is 0. The summed E-state index contributed by atoms with van der Waals surface area (Å²) in [5.41, 5.74) is 3.98. The van der Waals surface area contributed by atoms with Gasteiger partial charge in [0.1, 0.15) is 0 Å². The Morgan fingerprint density at radius 3 is 2.91 bits per heavy atom. The normalized spacial score (nSPS) is 39.1. The molecule has 0 spiro atoms. The zero-order chi connectivity index (χ0) is 15.3. The molecule has 0 radical (unpaired) electrons. The van der Waals surface area contributed by atoms with E-state index in [-0.39, 0.29) is 6.04 Å². The van der Waals surface area contributed by atoms with Crippen LogP contribution < -0.4 is 5.32 Å². The zero-order valence-corrected chi connectivity index (χ0v) is 13.4. The van der Waals surface area contributed by atoms with E-state index in [4.69, 9.17) is 0 Å². The molecule has 2 heterocycles. The van der Waals surface area contributed by atoms with Gasteiger partial charge in [-0.15, -0.1) is 0 Å². The minimum Gasteiger partial charge on any atom is -0.300 e. The Hall–Kier alpha value is -1.48. The number of Topliss-reactive ketones (excluding diaryl/α,β-unsaturated/α-hetero) is 1. The van der Waals surface area contributed by atoms with Crippen LogP contribution in [-0.2, 0) is 17.6 Å². The summed E-state index contributed by atoms with van der Waals surface area (Å²) < 4.78 is 0. The van der Waals surface area contributed by atoms with Gasteiger partial charge in [0.05, 0.1) is 6.04 Å². The fraction of sp³-hybridized carbons (Fsp3) is 0.579. The Morgan fingerprint density at radius 2 is 2.09 bits per heavy atom. The van der Waals surface area contributed by atoms with Crippen LogP contribution in [0.15, 0.2) is 30.1 Å². The highest BCUT2D eigenvalue weighted by molar-refractivity contribution is 5.88. The lowest BCUT2D eigenvalue weighted by Crippen LogP contribution is -2.40. The quantitative estimate of drug-likeness (QED) is 0.749. The molecule has 4 rings (SSSR count). The van der Waals surface area contributed by atoms with Gasteiger partial charge in [0.25, 0.3) is 0 Å². The summed E-state index contributed by atoms with van der Waals surface area (Å²) in [6.07, 6.45) is 10.0. The van der Waals surface area contributed by atoms with Gasteiger partial charge in [-0.1, -0.05) is 18.6 Å². The molecule has 116 valence electrons. The number of carbonyl (C=O) groups excluding carboxylic acids is 1. The Labute approximate surface area is 132 Å². The number of nitrogens with one attached hydrogen (secondary N) is 1. The minimum absolute atomic E-state index is 0.0302. The fourth-order valence-electron chi connectivity index (χ4n) is 4.97. The lowest BCUT2D eigenvalue weighted by molar-refractivity contribution is -0.120. The summed E-state index contributed by atoms with van der Waals surface area (Å²) in [5, 5.41) is 3.70. The number of rotatable bonds is 0. The van der Waals surface area contributed by atoms with Crippen molar-refractivity contribution >= 4 is 5.78 Å². The second-order valence-electron chi connectivity index (χ2n) is 7.35. The fourth-order valence-corrected chi connectivity index (χ4v) is 4.97. The molecule has 1 aromatic rings. The van der Waals surface area contributed by atoms with Crippen molar-refractivity contribution in [3.05, 3.63) is 41.2 Å². The largest absolute Gasteiger partial charge is 0.300 e. The van der Waals surface area contributed by atoms with Crippen LogP contribution in [0.25, 0.3) is 0 Å². The Balaban J connectivity index is 1.72. The molecule has 1 aliphatic heterocycles. The predicted molar refractivity (Wildman–Crippen MR) is 86.5 cm³/mol. The first-order valence-corrected chi connectivity index (χ1v) is 8.53. The first-order chi connectivity index (χ1) is 10.7. The molecule has 3 aliphatic rings. The van der Waals surface area contributed by atoms with E-state index in [1.807, 2.05) is 18.5 Å². The van der Waals surface area contributed by atoms with Crippen LogP contribution in [0, 0.1) is 17.8 Å². The third-order valence-electron chi connectivity index (χ3n) is 5.97. The first-order valence-electron chi connectivity index (χ1n) is 8.53. The summed E-state index contributed by atoms with van der Waals surface area (Å²) in [4.78, 5) is 17.1. The summed E-state index contributed by atoms with van der Waals surface area (Å²) in [6, 6.07) is 2.47. The summed E-state index contributed by atoms with van der Waals surface area (Å²) in [6.45, 7) is 4.49. The molecule has 2 fully saturated rings. The number of ketones is 1. The van der Waals surface area contributed by atoms with E-state index in [1.54, 1.807) is 0 Å². The third kappa shape index (κ3) is 2.14. The Kier molecular flexibility index (Phi) is 3.41. The van der Waals surface area contributed by atoms with Gasteiger partial charge >= 0.3 is 0 Å². The molecule has 3 heteroatoms. The maximum Gasteiger partial charge on any atom is 0.154 e. The van der Waals surface area contributed by atoms with Gasteiger partial charge in [0.2, 0.25) is 0 Å². The maximum absolute atomic E-state index is 12.8. The van der Waals surface area contributed by atoms with Gasteiger partial charge in [-0.05, 0) is 61.1 Å². The van der Waals surface area contributed by atoms with Crippen molar-refractivity contribution in [2.75, 3.05) is 0 Å². The summed E-state index contributed by atoms with van der Waals surface area (Å²) in [5.74, 6) is 2.11. The maximum atomic E-state index is 12.8. The highest BCUT2D eigenvalue weighted by Gasteiger charge is 2.49. The zero-order valence-electron chi connectivity index (χ0n) is 13.4. The smallest absolute Gasteiger partial charge is 0.154 e. The number of carbonyl (C=O) groups is 1. The molecule has 1 saturated heterocycles. The molecule has 5 atom stereocenters. The van der Waals surface area contributed by atoms with Crippen molar-refractivity contribution in [3.63, 3.8) is 0 Å². The van der Waals surface area contributed by atoms with E-state index in [2.05, 4.69) is 30.2 Å². The topological polar surface area (TPSA) is 42.0 Å². The number of fused-ring (bicyclic) bond motifs is 4. The van der Waals surface area contributed by atoms with E-state index in [0.717, 1.165) is 12.3 Å². The lowest BCUT2D eigenvalue weighted by Gasteiger charge is -2.34. The highest BCUT2D eigenvalue weighted by atomic mass is 16.1. The van der Waals surface area contributed by atoms with Crippen LogP contribution in [0.3, 0.4) is 0 Å². The van der Waals surface area contributed by atoms with E-state index < -0.39 is 0 Å². The second-order valence-corrected chi connectivity index (χ2v) is 7.35. The molecule has 3 nitrogen and oxygen atoms in total. The molecule has 1 saturated carbocycles. The molecule has 1 N–H and O–H groups in total. The Morgan fingerprint density at radius 1 is 1.23 bits per heavy atom. The van der Waals surface area contributed by atoms with Gasteiger partial charge in [0, 0.05) is 24.9 Å². The predicted octanol–water partition coefficient (Wildman–Crippen LogP) is 2.70. The van der Waals surface area contributed by atoms with Gasteiger partial charge in [0.15, 0.2) is 5.78 Å². The van der Waals surface area contributed by atoms with Gasteiger partial charge in [-0.3, -0.25) is 9.78 Å². The van der Waals surface area contributed by atoms with E-state index in [1.165, 1.54) is 29.5 Å². The second kappa shape index (κ2) is 5.31. The van der Waals surface area contributed by atoms with Crippen LogP contribution in [0.5, 0.6) is 0 Å². The molecular formula is C19H24N2O. The number of hydrogen-bond acceptors (Lipinski definition) is 3. The lowest BCUT2D eigenvalue weighted by atomic mass is 9.70. The van der Waals surface area contributed by atoms with Crippen LogP contribution in [-0.4, -0.2) is 22.9 Å². The van der Waals surface area contributed by atoms with Crippen molar-refractivity contribution in [1.82, 2.24) is 10.3 Å². The molecule has 0 amide bonds. The van der Waals surface area contributed by atoms with Crippen molar-refractivity contribution in [2.24, 2.45) is 17.8 Å². The van der Waals surface area contributed by atoms with Crippen LogP contribution >= 0.6 is 0 Å². The third-order valence-corrected chi connectivity index (χ3v) is 5.97. The minimum atomic E-state index is 0.0302. The SMILES string of the molecule is C/C=C1\CC(C)CC2[C@H]3Cc4cnccc4CC(=O)C3N[C@@H]12. The van der Waals surface area contributed by atoms with E-state index in [0.29, 0.717) is 30.1 Å². The summed E-state index contributed by atoms with van der Waals surface area (Å²) >= 11 is 0. The molecule has 0 aromatic carbocycles. The van der Waals surface area contributed by atoms with Crippen molar-refractivity contribution in [1.29, 1.82) is 0 Å². The number of aromatic nitrogens is 1. The van der Waals surface area contributed by atoms with Gasteiger partial charge in [-0.2, -0.15) is 0 Å². The molecule has 1 aromatic heterocycles. The van der Waals surface area contributed by atoms with Gasteiger partial charge in [-0.25, -0.2) is 0 Å². The van der Waals surface area contributed by atoms with Crippen LogP contribution in [0.1, 0.15) is 37.8 Å². The molecule has 0 bridgehead atoms. The number of nitrogens with zero attached hydrogens (tertiary/aromatic N) is 1. The molecular weight excluding hydrogens is 272 g/mol. The van der Waals surface area contributed by atoms with Crippen molar-refractivity contribution in [3.8, 4) is 0 Å². The van der Waals surface area contributed by atoms with Crippen molar-refractivity contribution in [2.45, 2.75) is 51.6 Å². The standard InChI is InChI=1S/C19H24N2O/c1-3-12-6-11(2)7-15-16-8-14-10-20-5-4-13(14)9-17(22)19(16)21-18(12)15/h3-5,10-11,15-16,18-19,21H,6-9H2,1-2H3/b12-3+/t11?,15?,16-,18+,19?/m1/s1. The number of pyridine rings is 1. The average molecular weight is 296 g/mol. The van der Waals surface area contributed by atoms with E-state index >= 15 is 0 Å². The highest BCUT2D eigenvalue weighted by Crippen LogP contribution is 2.45. The number of hydrogen-bond donors (Lipinski definition) is 1.